The molecule has 0 radical (unpaired) electrons. The average Bonchev–Trinajstić information content (AvgIpc) is 2.15. The predicted molar refractivity (Wildman–Crippen MR) is 61.5 cm³/mol. The lowest BCUT2D eigenvalue weighted by atomic mass is 10.0. The third-order valence-corrected chi connectivity index (χ3v) is 3.12. The lowest BCUT2D eigenvalue weighted by Crippen LogP contribution is -2.57. The van der Waals surface area contributed by atoms with Gasteiger partial charge >= 0.3 is 0 Å². The van der Waals surface area contributed by atoms with Gasteiger partial charge in [0.15, 0.2) is 0 Å². The van der Waals surface area contributed by atoms with E-state index in [9.17, 15) is 4.79 Å². The van der Waals surface area contributed by atoms with Crippen LogP contribution in [0.25, 0.3) is 0 Å². The Morgan fingerprint density at radius 1 is 1.40 bits per heavy atom. The van der Waals surface area contributed by atoms with E-state index in [-0.39, 0.29) is 23.9 Å². The van der Waals surface area contributed by atoms with Crippen LogP contribution in [0.4, 0.5) is 0 Å². The predicted octanol–water partition coefficient (Wildman–Crippen LogP) is 0.132. The van der Waals surface area contributed by atoms with E-state index in [4.69, 9.17) is 5.73 Å². The maximum atomic E-state index is 12.0. The summed E-state index contributed by atoms with van der Waals surface area (Å²) in [4.78, 5) is 16.2. The molecule has 1 amide bonds. The number of nitrogens with zero attached hydrogens (tertiary/aromatic N) is 2. The molecule has 0 aromatic rings. The minimum Gasteiger partial charge on any atom is -0.336 e. The summed E-state index contributed by atoms with van der Waals surface area (Å²) < 4.78 is 0. The van der Waals surface area contributed by atoms with Crippen molar-refractivity contribution in [2.45, 2.75) is 32.9 Å². The molecule has 15 heavy (non-hydrogen) atoms. The van der Waals surface area contributed by atoms with Gasteiger partial charge in [0.25, 0.3) is 0 Å². The Kier molecular flexibility index (Phi) is 4.11. The van der Waals surface area contributed by atoms with Crippen molar-refractivity contribution >= 4 is 5.91 Å². The second-order valence-corrected chi connectivity index (χ2v) is 4.91. The van der Waals surface area contributed by atoms with Crippen molar-refractivity contribution in [3.05, 3.63) is 0 Å². The summed E-state index contributed by atoms with van der Waals surface area (Å²) in [5.41, 5.74) is 5.88. The molecule has 1 fully saturated rings. The van der Waals surface area contributed by atoms with Crippen molar-refractivity contribution in [3.8, 4) is 0 Å². The second-order valence-electron chi connectivity index (χ2n) is 4.91. The summed E-state index contributed by atoms with van der Waals surface area (Å²) in [6.07, 6.45) is 0. The number of amides is 1. The molecule has 4 heteroatoms. The molecule has 0 saturated carbocycles. The molecule has 1 aliphatic heterocycles. The van der Waals surface area contributed by atoms with Crippen LogP contribution in [0.1, 0.15) is 20.8 Å². The summed E-state index contributed by atoms with van der Waals surface area (Å²) in [5, 5.41) is 0. The zero-order valence-corrected chi connectivity index (χ0v) is 10.2. The molecule has 1 rings (SSSR count). The van der Waals surface area contributed by atoms with E-state index in [1.807, 2.05) is 18.7 Å². The Morgan fingerprint density at radius 3 is 2.47 bits per heavy atom. The molecule has 0 bridgehead atoms. The van der Waals surface area contributed by atoms with Crippen LogP contribution >= 0.6 is 0 Å². The number of nitrogens with two attached hydrogens (primary N) is 1. The van der Waals surface area contributed by atoms with E-state index in [0.29, 0.717) is 0 Å². The fourth-order valence-corrected chi connectivity index (χ4v) is 1.94. The fourth-order valence-electron chi connectivity index (χ4n) is 1.94. The van der Waals surface area contributed by atoms with Gasteiger partial charge in [0.05, 0.1) is 6.04 Å². The van der Waals surface area contributed by atoms with E-state index in [2.05, 4.69) is 18.9 Å². The molecular weight excluding hydrogens is 190 g/mol. The van der Waals surface area contributed by atoms with Crippen LogP contribution in [0.5, 0.6) is 0 Å². The maximum absolute atomic E-state index is 12.0. The monoisotopic (exact) mass is 213 g/mol. The van der Waals surface area contributed by atoms with E-state index < -0.39 is 0 Å². The van der Waals surface area contributed by atoms with E-state index >= 15 is 0 Å². The van der Waals surface area contributed by atoms with Gasteiger partial charge in [0, 0.05) is 25.7 Å². The molecule has 1 unspecified atom stereocenters. The van der Waals surface area contributed by atoms with Gasteiger partial charge in [0.1, 0.15) is 0 Å². The summed E-state index contributed by atoms with van der Waals surface area (Å²) >= 11 is 0. The quantitative estimate of drug-likeness (QED) is 0.709. The minimum absolute atomic E-state index is 0.102. The zero-order valence-electron chi connectivity index (χ0n) is 10.2. The smallest absolute Gasteiger partial charge is 0.240 e. The van der Waals surface area contributed by atoms with E-state index in [0.717, 1.165) is 19.6 Å². The first-order valence-corrected chi connectivity index (χ1v) is 5.68. The number of hydrogen-bond donors (Lipinski definition) is 1. The molecule has 0 spiro atoms. The highest BCUT2D eigenvalue weighted by atomic mass is 16.2. The molecule has 4 nitrogen and oxygen atoms in total. The van der Waals surface area contributed by atoms with Gasteiger partial charge in [-0.05, 0) is 19.9 Å². The highest BCUT2D eigenvalue weighted by molar-refractivity contribution is 5.82. The van der Waals surface area contributed by atoms with Gasteiger partial charge in [-0.15, -0.1) is 0 Å². The molecule has 0 aromatic heterocycles. The molecule has 2 atom stereocenters. The Morgan fingerprint density at radius 2 is 2.00 bits per heavy atom. The average molecular weight is 213 g/mol. The summed E-state index contributed by atoms with van der Waals surface area (Å²) in [7, 11) is 2.08. The Labute approximate surface area is 92.4 Å². The zero-order chi connectivity index (χ0) is 11.6. The van der Waals surface area contributed by atoms with Crippen molar-refractivity contribution in [1.82, 2.24) is 9.80 Å². The lowest BCUT2D eigenvalue weighted by molar-refractivity contribution is -0.137. The molecule has 1 heterocycles. The van der Waals surface area contributed by atoms with Crippen LogP contribution in [0.2, 0.25) is 0 Å². The molecule has 2 N–H and O–H groups in total. The molecule has 1 aliphatic rings. The molecular formula is C11H23N3O. The third kappa shape index (κ3) is 2.92. The minimum atomic E-state index is -0.351. The number of rotatable bonds is 2. The normalized spacial score (nSPS) is 25.7. The van der Waals surface area contributed by atoms with Crippen molar-refractivity contribution < 1.29 is 4.79 Å². The number of likely N-dealkylation sites (N-methyl/N-ethyl adjacent to an activating group) is 1. The van der Waals surface area contributed by atoms with Gasteiger partial charge in [0.2, 0.25) is 5.91 Å². The van der Waals surface area contributed by atoms with Gasteiger partial charge in [-0.3, -0.25) is 4.79 Å². The van der Waals surface area contributed by atoms with Crippen LogP contribution in [0, 0.1) is 5.92 Å². The first-order chi connectivity index (χ1) is 6.93. The summed E-state index contributed by atoms with van der Waals surface area (Å²) in [6.45, 7) is 8.75. The largest absolute Gasteiger partial charge is 0.336 e. The number of carbonyl (C=O) groups is 1. The topological polar surface area (TPSA) is 49.6 Å². The number of piperazine rings is 1. The number of hydrogen-bond acceptors (Lipinski definition) is 3. The van der Waals surface area contributed by atoms with Crippen LogP contribution in [0.3, 0.4) is 0 Å². The van der Waals surface area contributed by atoms with Gasteiger partial charge < -0.3 is 15.5 Å². The first kappa shape index (κ1) is 12.5. The van der Waals surface area contributed by atoms with Gasteiger partial charge in [-0.25, -0.2) is 0 Å². The van der Waals surface area contributed by atoms with Crippen molar-refractivity contribution in [1.29, 1.82) is 0 Å². The summed E-state index contributed by atoms with van der Waals surface area (Å²) in [6, 6.07) is -0.0723. The van der Waals surface area contributed by atoms with E-state index in [1.165, 1.54) is 0 Å². The van der Waals surface area contributed by atoms with Gasteiger partial charge in [-0.1, -0.05) is 13.8 Å². The SMILES string of the molecule is CC(C)[C@@H](N)C(=O)N1CCN(C)CC1C. The van der Waals surface area contributed by atoms with Crippen LogP contribution in [0.15, 0.2) is 0 Å². The molecule has 0 aliphatic carbocycles. The van der Waals surface area contributed by atoms with Crippen LogP contribution < -0.4 is 5.73 Å². The van der Waals surface area contributed by atoms with E-state index in [1.54, 1.807) is 0 Å². The molecule has 0 aromatic carbocycles. The molecule has 1 saturated heterocycles. The van der Waals surface area contributed by atoms with Crippen molar-refractivity contribution in [2.24, 2.45) is 11.7 Å². The van der Waals surface area contributed by atoms with Crippen LogP contribution in [-0.2, 0) is 4.79 Å². The summed E-state index contributed by atoms with van der Waals surface area (Å²) in [5.74, 6) is 0.315. The third-order valence-electron chi connectivity index (χ3n) is 3.12. The second kappa shape index (κ2) is 4.94. The Bertz CT molecular complexity index is 230. The van der Waals surface area contributed by atoms with Crippen LogP contribution in [-0.4, -0.2) is 54.5 Å². The molecule has 88 valence electrons. The highest BCUT2D eigenvalue weighted by Crippen LogP contribution is 2.11. The van der Waals surface area contributed by atoms with Gasteiger partial charge in [-0.2, -0.15) is 0 Å². The lowest BCUT2D eigenvalue weighted by Gasteiger charge is -2.39. The van der Waals surface area contributed by atoms with Crippen molar-refractivity contribution in [3.63, 3.8) is 0 Å². The fraction of sp³-hybridized carbons (Fsp3) is 0.909. The number of carbonyl (C=O) groups excluding carboxylic acids is 1. The first-order valence-electron chi connectivity index (χ1n) is 5.68. The Hall–Kier alpha value is -0.610. The standard InChI is InChI=1S/C11H23N3O/c1-8(2)10(12)11(15)14-6-5-13(4)7-9(14)3/h8-10H,5-7,12H2,1-4H3/t9?,10-/m1/s1. The Balaban J connectivity index is 2.60. The van der Waals surface area contributed by atoms with Crippen molar-refractivity contribution in [2.75, 3.05) is 26.7 Å². The maximum Gasteiger partial charge on any atom is 0.240 e. The highest BCUT2D eigenvalue weighted by Gasteiger charge is 2.30.